The molecule has 9 heteroatoms. The lowest BCUT2D eigenvalue weighted by Gasteiger charge is -2.37. The molecule has 4 heterocycles. The molecule has 4 aliphatic rings. The van der Waals surface area contributed by atoms with E-state index in [0.29, 0.717) is 24.8 Å². The number of hydrogen-bond donors (Lipinski definition) is 1. The molecule has 3 aliphatic heterocycles. The second kappa shape index (κ2) is 9.99. The van der Waals surface area contributed by atoms with Gasteiger partial charge in [-0.15, -0.1) is 0 Å². The molecule has 6 rings (SSSR count). The predicted octanol–water partition coefficient (Wildman–Crippen LogP) is 3.98. The molecule has 0 bridgehead atoms. The number of methoxy groups -OCH3 is 1. The summed E-state index contributed by atoms with van der Waals surface area (Å²) in [4.78, 5) is 40.3. The molecule has 4 fully saturated rings. The van der Waals surface area contributed by atoms with Gasteiger partial charge in [0.05, 0.1) is 30.3 Å². The first kappa shape index (κ1) is 24.2. The maximum Gasteiger partial charge on any atom is 0.409 e. The van der Waals surface area contributed by atoms with Crippen molar-refractivity contribution in [2.75, 3.05) is 38.2 Å². The Morgan fingerprint density at radius 2 is 1.70 bits per heavy atom. The van der Waals surface area contributed by atoms with Crippen LogP contribution in [0.2, 0.25) is 0 Å². The van der Waals surface area contributed by atoms with E-state index in [4.69, 9.17) is 9.84 Å². The zero-order valence-electron chi connectivity index (χ0n) is 21.7. The van der Waals surface area contributed by atoms with E-state index in [0.717, 1.165) is 74.4 Å². The maximum absolute atomic E-state index is 12.6. The molecular formula is C28H37N5O4. The van der Waals surface area contributed by atoms with Gasteiger partial charge in [-0.3, -0.25) is 19.6 Å². The quantitative estimate of drug-likeness (QED) is 0.615. The number of aromatic nitrogens is 2. The Bertz CT molecular complexity index is 1190. The Balaban J connectivity index is 1.11. The average molecular weight is 508 g/mol. The Morgan fingerprint density at radius 1 is 1.00 bits per heavy atom. The van der Waals surface area contributed by atoms with Crippen molar-refractivity contribution in [1.82, 2.24) is 20.0 Å². The SMILES string of the molecule is COC(=O)N1CCC(CC2CCN(c3ccc4c(C5CCC(=O)NC5=O)nn(C5CC5)c4c3)CC2)CC1. The smallest absolute Gasteiger partial charge is 0.409 e. The number of carbonyl (C=O) groups excluding carboxylic acids is 3. The summed E-state index contributed by atoms with van der Waals surface area (Å²) in [5, 5.41) is 8.46. The van der Waals surface area contributed by atoms with Gasteiger partial charge in [0, 0.05) is 43.7 Å². The van der Waals surface area contributed by atoms with Crippen molar-refractivity contribution in [3.63, 3.8) is 0 Å². The Hall–Kier alpha value is -3.10. The average Bonchev–Trinajstić information content (AvgIpc) is 3.70. The van der Waals surface area contributed by atoms with Crippen molar-refractivity contribution < 1.29 is 19.1 Å². The van der Waals surface area contributed by atoms with E-state index in [1.54, 1.807) is 0 Å². The molecule has 1 aromatic heterocycles. The summed E-state index contributed by atoms with van der Waals surface area (Å²) in [7, 11) is 1.46. The first-order valence-corrected chi connectivity index (χ1v) is 13.9. The van der Waals surface area contributed by atoms with Gasteiger partial charge in [0.2, 0.25) is 11.8 Å². The first-order chi connectivity index (χ1) is 18.0. The van der Waals surface area contributed by atoms with E-state index >= 15 is 0 Å². The standard InChI is InChI=1S/C28H37N5O4/c1-37-28(36)32-14-10-19(11-15-32)16-18-8-12-31(13-9-18)21-4-5-22-24(17-21)33(20-2-3-20)30-26(22)23-6-7-25(34)29-27(23)35/h4-5,17-20,23H,2-3,6-16H2,1H3,(H,29,34,35). The van der Waals surface area contributed by atoms with Crippen molar-refractivity contribution in [1.29, 1.82) is 0 Å². The largest absolute Gasteiger partial charge is 0.453 e. The van der Waals surface area contributed by atoms with E-state index < -0.39 is 0 Å². The molecule has 3 amide bonds. The Kier molecular flexibility index (Phi) is 6.55. The van der Waals surface area contributed by atoms with Gasteiger partial charge in [0.15, 0.2) is 0 Å². The number of benzene rings is 1. The number of piperidine rings is 3. The fourth-order valence-corrected chi connectivity index (χ4v) is 6.53. The number of hydrogen-bond acceptors (Lipinski definition) is 6. The lowest BCUT2D eigenvalue weighted by Crippen LogP contribution is -2.39. The fraction of sp³-hybridized carbons (Fsp3) is 0.643. The van der Waals surface area contributed by atoms with Crippen LogP contribution in [0.15, 0.2) is 18.2 Å². The minimum Gasteiger partial charge on any atom is -0.453 e. The van der Waals surface area contributed by atoms with Gasteiger partial charge in [-0.05, 0) is 81.4 Å². The van der Waals surface area contributed by atoms with Crippen LogP contribution in [0.4, 0.5) is 10.5 Å². The molecule has 198 valence electrons. The van der Waals surface area contributed by atoms with Crippen molar-refractivity contribution in [3.05, 3.63) is 23.9 Å². The van der Waals surface area contributed by atoms with Crippen LogP contribution in [0.1, 0.15) is 75.4 Å². The number of imide groups is 1. The van der Waals surface area contributed by atoms with Crippen LogP contribution in [-0.2, 0) is 14.3 Å². The van der Waals surface area contributed by atoms with Gasteiger partial charge in [0.25, 0.3) is 0 Å². The van der Waals surface area contributed by atoms with Crippen molar-refractivity contribution in [3.8, 4) is 0 Å². The number of nitrogens with one attached hydrogen (secondary N) is 1. The molecule has 3 saturated heterocycles. The van der Waals surface area contributed by atoms with Crippen LogP contribution in [0, 0.1) is 11.8 Å². The van der Waals surface area contributed by atoms with Gasteiger partial charge in [-0.25, -0.2) is 4.79 Å². The van der Waals surface area contributed by atoms with Crippen LogP contribution in [-0.4, -0.2) is 65.9 Å². The third-order valence-corrected chi connectivity index (χ3v) is 8.88. The molecule has 0 radical (unpaired) electrons. The Labute approximate surface area is 217 Å². The maximum atomic E-state index is 12.6. The third kappa shape index (κ3) is 4.92. The third-order valence-electron chi connectivity index (χ3n) is 8.88. The van der Waals surface area contributed by atoms with Crippen molar-refractivity contribution in [2.24, 2.45) is 11.8 Å². The molecule has 0 spiro atoms. The van der Waals surface area contributed by atoms with E-state index in [-0.39, 0.29) is 23.8 Å². The summed E-state index contributed by atoms with van der Waals surface area (Å²) in [6.07, 6.45) is 8.74. The number of likely N-dealkylation sites (tertiary alicyclic amines) is 1. The number of anilines is 1. The van der Waals surface area contributed by atoms with E-state index in [1.165, 1.54) is 32.1 Å². The van der Waals surface area contributed by atoms with Gasteiger partial charge < -0.3 is 14.5 Å². The highest BCUT2D eigenvalue weighted by atomic mass is 16.5. The predicted molar refractivity (Wildman–Crippen MR) is 139 cm³/mol. The summed E-state index contributed by atoms with van der Waals surface area (Å²) < 4.78 is 7.00. The van der Waals surface area contributed by atoms with Gasteiger partial charge in [-0.2, -0.15) is 5.10 Å². The highest BCUT2D eigenvalue weighted by Crippen LogP contribution is 2.41. The fourth-order valence-electron chi connectivity index (χ4n) is 6.53. The number of carbonyl (C=O) groups is 3. The highest BCUT2D eigenvalue weighted by molar-refractivity contribution is 6.02. The first-order valence-electron chi connectivity index (χ1n) is 13.9. The highest BCUT2D eigenvalue weighted by Gasteiger charge is 2.35. The molecule has 9 nitrogen and oxygen atoms in total. The molecule has 2 aromatic rings. The van der Waals surface area contributed by atoms with E-state index in [2.05, 4.69) is 33.1 Å². The minimum absolute atomic E-state index is 0.190. The summed E-state index contributed by atoms with van der Waals surface area (Å²) in [6.45, 7) is 3.72. The number of ether oxygens (including phenoxy) is 1. The van der Waals surface area contributed by atoms with Crippen LogP contribution < -0.4 is 10.2 Å². The monoisotopic (exact) mass is 507 g/mol. The number of rotatable bonds is 5. The van der Waals surface area contributed by atoms with Crippen LogP contribution >= 0.6 is 0 Å². The molecule has 1 atom stereocenters. The molecule has 1 aromatic carbocycles. The summed E-state index contributed by atoms with van der Waals surface area (Å²) >= 11 is 0. The number of amides is 3. The molecule has 37 heavy (non-hydrogen) atoms. The second-order valence-electron chi connectivity index (χ2n) is 11.3. The zero-order chi connectivity index (χ0) is 25.5. The second-order valence-corrected chi connectivity index (χ2v) is 11.3. The normalized spacial score (nSPS) is 24.0. The Morgan fingerprint density at radius 3 is 2.35 bits per heavy atom. The van der Waals surface area contributed by atoms with Gasteiger partial charge >= 0.3 is 6.09 Å². The molecule has 1 aliphatic carbocycles. The molecular weight excluding hydrogens is 470 g/mol. The van der Waals surface area contributed by atoms with Crippen LogP contribution in [0.3, 0.4) is 0 Å². The van der Waals surface area contributed by atoms with E-state index in [9.17, 15) is 14.4 Å². The summed E-state index contributed by atoms with van der Waals surface area (Å²) in [5.74, 6) is 0.671. The minimum atomic E-state index is -0.360. The topological polar surface area (TPSA) is 96.8 Å². The lowest BCUT2D eigenvalue weighted by atomic mass is 9.83. The number of fused-ring (bicyclic) bond motifs is 1. The van der Waals surface area contributed by atoms with Gasteiger partial charge in [0.1, 0.15) is 0 Å². The summed E-state index contributed by atoms with van der Waals surface area (Å²) in [5.41, 5.74) is 3.16. The van der Waals surface area contributed by atoms with Crippen LogP contribution in [0.5, 0.6) is 0 Å². The van der Waals surface area contributed by atoms with Crippen molar-refractivity contribution in [2.45, 2.75) is 69.7 Å². The molecule has 1 unspecified atom stereocenters. The number of nitrogens with zero attached hydrogens (tertiary/aromatic N) is 4. The van der Waals surface area contributed by atoms with Crippen molar-refractivity contribution >= 4 is 34.5 Å². The molecule has 1 N–H and O–H groups in total. The summed E-state index contributed by atoms with van der Waals surface area (Å²) in [6, 6.07) is 6.99. The lowest BCUT2D eigenvalue weighted by molar-refractivity contribution is -0.134. The zero-order valence-corrected chi connectivity index (χ0v) is 21.7. The van der Waals surface area contributed by atoms with Crippen LogP contribution in [0.25, 0.3) is 10.9 Å². The molecule has 1 saturated carbocycles. The van der Waals surface area contributed by atoms with Gasteiger partial charge in [-0.1, -0.05) is 0 Å². The van der Waals surface area contributed by atoms with E-state index in [1.807, 2.05) is 4.90 Å².